The zero-order valence-corrected chi connectivity index (χ0v) is 19.7. The smallest absolute Gasteiger partial charge is 0.261 e. The van der Waals surface area contributed by atoms with E-state index in [1.165, 1.54) is 34.4 Å². The van der Waals surface area contributed by atoms with Gasteiger partial charge in [0.15, 0.2) is 0 Å². The van der Waals surface area contributed by atoms with E-state index in [9.17, 15) is 9.59 Å². The molecular weight excluding hydrogens is 454 g/mol. The van der Waals surface area contributed by atoms with Gasteiger partial charge in [0.1, 0.15) is 0 Å². The van der Waals surface area contributed by atoms with Crippen molar-refractivity contribution in [3.8, 4) is 5.13 Å². The van der Waals surface area contributed by atoms with Gasteiger partial charge < -0.3 is 10.6 Å². The first kappa shape index (κ1) is 21.5. The summed E-state index contributed by atoms with van der Waals surface area (Å²) in [5.74, 6) is -0.356. The van der Waals surface area contributed by atoms with Gasteiger partial charge in [0.2, 0.25) is 5.13 Å². The summed E-state index contributed by atoms with van der Waals surface area (Å²) in [5, 5.41) is 12.8. The van der Waals surface area contributed by atoms with Gasteiger partial charge in [-0.05, 0) is 43.4 Å². The Labute approximate surface area is 199 Å². The highest BCUT2D eigenvalue weighted by atomic mass is 32.1. The molecule has 3 aromatic heterocycles. The predicted molar refractivity (Wildman–Crippen MR) is 129 cm³/mol. The van der Waals surface area contributed by atoms with Crippen molar-refractivity contribution in [3.63, 3.8) is 0 Å². The van der Waals surface area contributed by atoms with Crippen molar-refractivity contribution in [1.82, 2.24) is 25.4 Å². The second kappa shape index (κ2) is 9.29. The molecule has 33 heavy (non-hydrogen) atoms. The van der Waals surface area contributed by atoms with E-state index >= 15 is 0 Å². The van der Waals surface area contributed by atoms with Crippen LogP contribution in [0.3, 0.4) is 0 Å². The fourth-order valence-corrected chi connectivity index (χ4v) is 5.62. The molecule has 0 aliphatic heterocycles. The van der Waals surface area contributed by atoms with Crippen LogP contribution in [0.2, 0.25) is 0 Å². The Hall–Kier alpha value is -3.30. The molecule has 0 spiro atoms. The number of hydrogen-bond acceptors (Lipinski definition) is 6. The van der Waals surface area contributed by atoms with Crippen LogP contribution in [-0.2, 0) is 12.8 Å². The Bertz CT molecular complexity index is 1250. The summed E-state index contributed by atoms with van der Waals surface area (Å²) in [6.45, 7) is 2.29. The number of benzene rings is 1. The SMILES string of the molecule is Cc1ccc(C(CNC(=O)c2cnn(-c3nccs3)c2)NC(=O)c2cc3c(s2)CCC3)cc1. The first-order valence-electron chi connectivity index (χ1n) is 10.8. The van der Waals surface area contributed by atoms with Crippen LogP contribution in [0.1, 0.15) is 54.1 Å². The highest BCUT2D eigenvalue weighted by molar-refractivity contribution is 7.14. The Morgan fingerprint density at radius 3 is 2.79 bits per heavy atom. The number of aromatic nitrogens is 3. The minimum atomic E-state index is -0.354. The van der Waals surface area contributed by atoms with Crippen LogP contribution in [0.25, 0.3) is 5.13 Å². The van der Waals surface area contributed by atoms with E-state index in [4.69, 9.17) is 0 Å². The quantitative estimate of drug-likeness (QED) is 0.420. The molecule has 4 aromatic rings. The maximum Gasteiger partial charge on any atom is 0.261 e. The van der Waals surface area contributed by atoms with E-state index in [1.807, 2.05) is 42.6 Å². The van der Waals surface area contributed by atoms with Gasteiger partial charge in [-0.25, -0.2) is 9.67 Å². The van der Waals surface area contributed by atoms with Gasteiger partial charge in [-0.2, -0.15) is 5.10 Å². The molecule has 0 saturated carbocycles. The maximum absolute atomic E-state index is 13.0. The molecule has 9 heteroatoms. The van der Waals surface area contributed by atoms with Crippen LogP contribution >= 0.6 is 22.7 Å². The van der Waals surface area contributed by atoms with E-state index in [0.29, 0.717) is 10.7 Å². The van der Waals surface area contributed by atoms with Gasteiger partial charge >= 0.3 is 0 Å². The summed E-state index contributed by atoms with van der Waals surface area (Å²) < 4.78 is 1.58. The van der Waals surface area contributed by atoms with Crippen LogP contribution < -0.4 is 10.6 Å². The number of thiazole rings is 1. The van der Waals surface area contributed by atoms with Gasteiger partial charge in [0.25, 0.3) is 11.8 Å². The van der Waals surface area contributed by atoms with E-state index in [2.05, 4.69) is 20.7 Å². The van der Waals surface area contributed by atoms with Gasteiger partial charge in [-0.15, -0.1) is 22.7 Å². The van der Waals surface area contributed by atoms with E-state index in [1.54, 1.807) is 28.4 Å². The third-order valence-electron chi connectivity index (χ3n) is 5.68. The van der Waals surface area contributed by atoms with Crippen molar-refractivity contribution in [2.75, 3.05) is 6.54 Å². The molecule has 0 bridgehead atoms. The molecule has 2 N–H and O–H groups in total. The topological polar surface area (TPSA) is 88.9 Å². The number of nitrogens with one attached hydrogen (secondary N) is 2. The second-order valence-electron chi connectivity index (χ2n) is 8.05. The van der Waals surface area contributed by atoms with E-state index in [0.717, 1.165) is 28.8 Å². The second-order valence-corrected chi connectivity index (χ2v) is 10.1. The molecule has 1 unspecified atom stereocenters. The van der Waals surface area contributed by atoms with Crippen molar-refractivity contribution in [2.24, 2.45) is 0 Å². The average Bonchev–Trinajstić information content (AvgIpc) is 3.59. The minimum Gasteiger partial charge on any atom is -0.350 e. The number of amides is 2. The number of carbonyl (C=O) groups is 2. The van der Waals surface area contributed by atoms with Crippen LogP contribution in [-0.4, -0.2) is 33.1 Å². The van der Waals surface area contributed by atoms with Crippen molar-refractivity contribution < 1.29 is 9.59 Å². The number of fused-ring (bicyclic) bond motifs is 1. The molecule has 2 amide bonds. The largest absolute Gasteiger partial charge is 0.350 e. The number of aryl methyl sites for hydroxylation is 3. The molecule has 1 aromatic carbocycles. The minimum absolute atomic E-state index is 0.106. The molecule has 1 atom stereocenters. The number of thiophene rings is 1. The third kappa shape index (κ3) is 4.74. The van der Waals surface area contributed by atoms with Crippen molar-refractivity contribution >= 4 is 34.5 Å². The number of carbonyl (C=O) groups excluding carboxylic acids is 2. The summed E-state index contributed by atoms with van der Waals surface area (Å²) in [7, 11) is 0. The van der Waals surface area contributed by atoms with Crippen molar-refractivity contribution in [3.05, 3.63) is 86.3 Å². The van der Waals surface area contributed by atoms with Gasteiger partial charge in [-0.3, -0.25) is 9.59 Å². The zero-order valence-electron chi connectivity index (χ0n) is 18.1. The lowest BCUT2D eigenvalue weighted by molar-refractivity contribution is 0.0911. The van der Waals surface area contributed by atoms with Gasteiger partial charge in [0, 0.05) is 29.2 Å². The van der Waals surface area contributed by atoms with Crippen LogP contribution in [0.4, 0.5) is 0 Å². The molecule has 0 saturated heterocycles. The lowest BCUT2D eigenvalue weighted by Crippen LogP contribution is -2.37. The predicted octanol–water partition coefficient (Wildman–Crippen LogP) is 4.09. The Morgan fingerprint density at radius 2 is 2.03 bits per heavy atom. The maximum atomic E-state index is 13.0. The summed E-state index contributed by atoms with van der Waals surface area (Å²) >= 11 is 3.02. The standard InChI is InChI=1S/C24H23N5O2S2/c1-15-5-7-16(8-6-15)19(28-23(31)21-11-17-3-2-4-20(17)33-21)13-26-22(30)18-12-27-29(14-18)24-25-9-10-32-24/h5-12,14,19H,2-4,13H2,1H3,(H,26,30)(H,28,31). The molecule has 7 nitrogen and oxygen atoms in total. The highest BCUT2D eigenvalue weighted by Crippen LogP contribution is 2.31. The summed E-state index contributed by atoms with van der Waals surface area (Å²) in [6.07, 6.45) is 8.13. The summed E-state index contributed by atoms with van der Waals surface area (Å²) in [5.41, 5.74) is 3.81. The van der Waals surface area contributed by atoms with E-state index in [-0.39, 0.29) is 24.4 Å². The third-order valence-corrected chi connectivity index (χ3v) is 7.68. The fraction of sp³-hybridized carbons (Fsp3) is 0.250. The molecule has 3 heterocycles. The summed E-state index contributed by atoms with van der Waals surface area (Å²) in [6, 6.07) is 9.65. The number of rotatable bonds is 7. The highest BCUT2D eigenvalue weighted by Gasteiger charge is 2.22. The van der Waals surface area contributed by atoms with Crippen LogP contribution in [0.15, 0.2) is 54.3 Å². The lowest BCUT2D eigenvalue weighted by Gasteiger charge is -2.20. The molecule has 0 fully saturated rings. The molecule has 168 valence electrons. The summed E-state index contributed by atoms with van der Waals surface area (Å²) in [4.78, 5) is 32.0. The average molecular weight is 478 g/mol. The Morgan fingerprint density at radius 1 is 1.18 bits per heavy atom. The molecule has 0 radical (unpaired) electrons. The Kier molecular flexibility index (Phi) is 6.06. The van der Waals surface area contributed by atoms with Crippen LogP contribution in [0, 0.1) is 6.92 Å². The number of hydrogen-bond donors (Lipinski definition) is 2. The van der Waals surface area contributed by atoms with Crippen LogP contribution in [0.5, 0.6) is 0 Å². The molecule has 1 aliphatic rings. The zero-order chi connectivity index (χ0) is 22.8. The number of nitrogens with zero attached hydrogens (tertiary/aromatic N) is 3. The van der Waals surface area contributed by atoms with Crippen molar-refractivity contribution in [2.45, 2.75) is 32.2 Å². The normalized spacial score (nSPS) is 13.5. The monoisotopic (exact) mass is 477 g/mol. The first-order chi connectivity index (χ1) is 16.1. The Balaban J connectivity index is 1.29. The molecule has 1 aliphatic carbocycles. The van der Waals surface area contributed by atoms with Gasteiger partial charge in [-0.1, -0.05) is 29.8 Å². The van der Waals surface area contributed by atoms with Crippen molar-refractivity contribution in [1.29, 1.82) is 0 Å². The molecular formula is C24H23N5O2S2. The fourth-order valence-electron chi connectivity index (χ4n) is 3.89. The lowest BCUT2D eigenvalue weighted by atomic mass is 10.0. The molecule has 5 rings (SSSR count). The van der Waals surface area contributed by atoms with E-state index < -0.39 is 0 Å². The van der Waals surface area contributed by atoms with Gasteiger partial charge in [0.05, 0.1) is 22.7 Å². The first-order valence-corrected chi connectivity index (χ1v) is 12.5.